The number of imide groups is 1. The smallest absolute Gasteiger partial charge is 0.322 e. The summed E-state index contributed by atoms with van der Waals surface area (Å²) in [7, 11) is 0. The monoisotopic (exact) mass is 436 g/mol. The van der Waals surface area contributed by atoms with Crippen molar-refractivity contribution in [3.8, 4) is 0 Å². The van der Waals surface area contributed by atoms with Gasteiger partial charge in [-0.1, -0.05) is 24.3 Å². The topological polar surface area (TPSA) is 120 Å². The average molecular weight is 436 g/mol. The lowest BCUT2D eigenvalue weighted by atomic mass is 9.91. The van der Waals surface area contributed by atoms with Gasteiger partial charge in [0.15, 0.2) is 17.5 Å². The van der Waals surface area contributed by atoms with Crippen molar-refractivity contribution in [2.45, 2.75) is 25.1 Å². The van der Waals surface area contributed by atoms with Gasteiger partial charge >= 0.3 is 12.1 Å². The Bertz CT molecular complexity index is 1030. The minimum absolute atomic E-state index is 0.0568. The summed E-state index contributed by atoms with van der Waals surface area (Å²) in [5, 5.41) is 19.5. The second-order valence-corrected chi connectivity index (χ2v) is 7.11. The molecule has 0 aromatic heterocycles. The Kier molecular flexibility index (Phi) is 6.16. The van der Waals surface area contributed by atoms with E-state index in [9.17, 15) is 32.7 Å². The van der Waals surface area contributed by atoms with Gasteiger partial charge in [-0.15, -0.1) is 0 Å². The van der Waals surface area contributed by atoms with E-state index in [1.54, 1.807) is 31.2 Å². The number of hydrogen-bond donors (Lipinski definition) is 5. The number of aliphatic hydroxyl groups excluding tert-OH is 1. The number of urea groups is 2. The lowest BCUT2D eigenvalue weighted by molar-refractivity contribution is -0.123. The van der Waals surface area contributed by atoms with Crippen LogP contribution in [0.25, 0.3) is 0 Å². The van der Waals surface area contributed by atoms with E-state index in [4.69, 9.17) is 0 Å². The van der Waals surface area contributed by atoms with E-state index < -0.39 is 47.1 Å². The summed E-state index contributed by atoms with van der Waals surface area (Å²) in [6, 6.07) is 6.67. The van der Waals surface area contributed by atoms with Crippen molar-refractivity contribution in [3.63, 3.8) is 0 Å². The number of halogens is 3. The first-order valence-electron chi connectivity index (χ1n) is 9.17. The van der Waals surface area contributed by atoms with Gasteiger partial charge in [-0.25, -0.2) is 22.8 Å². The van der Waals surface area contributed by atoms with Crippen molar-refractivity contribution in [2.24, 2.45) is 0 Å². The second-order valence-electron chi connectivity index (χ2n) is 7.11. The molecule has 1 heterocycles. The van der Waals surface area contributed by atoms with E-state index in [0.717, 1.165) is 0 Å². The fourth-order valence-corrected chi connectivity index (χ4v) is 3.06. The highest BCUT2D eigenvalue weighted by Gasteiger charge is 2.43. The molecule has 2 aromatic carbocycles. The van der Waals surface area contributed by atoms with Gasteiger partial charge in [0, 0.05) is 13.1 Å². The van der Waals surface area contributed by atoms with Gasteiger partial charge in [0.2, 0.25) is 0 Å². The van der Waals surface area contributed by atoms with E-state index >= 15 is 0 Å². The predicted molar refractivity (Wildman–Crippen MR) is 102 cm³/mol. The summed E-state index contributed by atoms with van der Waals surface area (Å²) in [6.45, 7) is 1.23. The molecule has 1 aliphatic heterocycles. The van der Waals surface area contributed by atoms with E-state index in [0.29, 0.717) is 23.3 Å². The number of rotatable bonds is 6. The zero-order valence-corrected chi connectivity index (χ0v) is 16.3. The summed E-state index contributed by atoms with van der Waals surface area (Å²) < 4.78 is 39.5. The zero-order chi connectivity index (χ0) is 22.8. The van der Waals surface area contributed by atoms with Crippen LogP contribution in [-0.2, 0) is 16.9 Å². The Balaban J connectivity index is 1.56. The highest BCUT2D eigenvalue weighted by molar-refractivity contribution is 6.07. The number of carbonyl (C=O) groups excluding carboxylic acids is 3. The third kappa shape index (κ3) is 4.77. The third-order valence-electron chi connectivity index (χ3n) is 4.85. The van der Waals surface area contributed by atoms with Crippen molar-refractivity contribution in [1.29, 1.82) is 0 Å². The molecule has 0 radical (unpaired) electrons. The van der Waals surface area contributed by atoms with Crippen LogP contribution in [0.1, 0.15) is 29.7 Å². The van der Waals surface area contributed by atoms with Crippen molar-refractivity contribution in [2.75, 3.05) is 6.54 Å². The van der Waals surface area contributed by atoms with Gasteiger partial charge in [0.1, 0.15) is 5.54 Å². The summed E-state index contributed by atoms with van der Waals surface area (Å²) >= 11 is 0. The van der Waals surface area contributed by atoms with E-state index in [2.05, 4.69) is 21.3 Å². The van der Waals surface area contributed by atoms with Crippen LogP contribution in [0.2, 0.25) is 0 Å². The number of carbonyl (C=O) groups is 3. The highest BCUT2D eigenvalue weighted by Crippen LogP contribution is 2.25. The maximum absolute atomic E-state index is 13.3. The number of amides is 5. The molecule has 0 saturated carbocycles. The molecule has 31 heavy (non-hydrogen) atoms. The average Bonchev–Trinajstić information content (AvgIpc) is 3.00. The van der Waals surface area contributed by atoms with Gasteiger partial charge in [0.25, 0.3) is 5.91 Å². The Morgan fingerprint density at radius 3 is 2.42 bits per heavy atom. The molecular weight excluding hydrogens is 417 g/mol. The largest absolute Gasteiger partial charge is 0.387 e. The molecule has 2 aromatic rings. The number of hydrogen-bond acceptors (Lipinski definition) is 4. The maximum atomic E-state index is 13.3. The van der Waals surface area contributed by atoms with Crippen LogP contribution in [-0.4, -0.2) is 29.6 Å². The van der Waals surface area contributed by atoms with Crippen LogP contribution in [0.4, 0.5) is 22.8 Å². The van der Waals surface area contributed by atoms with Crippen LogP contribution in [0.5, 0.6) is 0 Å². The van der Waals surface area contributed by atoms with E-state index in [-0.39, 0.29) is 18.7 Å². The molecule has 0 aliphatic carbocycles. The molecule has 1 aliphatic rings. The van der Waals surface area contributed by atoms with Crippen molar-refractivity contribution in [1.82, 2.24) is 21.3 Å². The molecule has 2 atom stereocenters. The Labute approximate surface area is 174 Å². The van der Waals surface area contributed by atoms with Crippen LogP contribution < -0.4 is 21.3 Å². The minimum atomic E-state index is -1.65. The van der Waals surface area contributed by atoms with Crippen LogP contribution in [0.3, 0.4) is 0 Å². The normalized spacial score (nSPS) is 18.9. The third-order valence-corrected chi connectivity index (χ3v) is 4.85. The fraction of sp³-hybridized carbons (Fsp3) is 0.250. The molecule has 0 spiro atoms. The molecule has 3 rings (SSSR count). The predicted octanol–water partition coefficient (Wildman–Crippen LogP) is 1.69. The number of nitrogens with one attached hydrogen (secondary N) is 4. The Hall–Kier alpha value is -3.60. The quantitative estimate of drug-likeness (QED) is 0.350. The van der Waals surface area contributed by atoms with Crippen molar-refractivity contribution >= 4 is 18.0 Å². The summed E-state index contributed by atoms with van der Waals surface area (Å²) in [5.74, 6) is -5.03. The molecule has 2 unspecified atom stereocenters. The lowest BCUT2D eigenvalue weighted by Crippen LogP contribution is -2.40. The molecule has 0 bridgehead atoms. The lowest BCUT2D eigenvalue weighted by Gasteiger charge is -2.21. The molecule has 5 N–H and O–H groups in total. The molecule has 164 valence electrons. The highest BCUT2D eigenvalue weighted by atomic mass is 19.2. The van der Waals surface area contributed by atoms with Crippen molar-refractivity contribution in [3.05, 3.63) is 70.5 Å². The zero-order valence-electron chi connectivity index (χ0n) is 16.3. The molecular formula is C20H19F3N4O4. The Morgan fingerprint density at radius 2 is 1.81 bits per heavy atom. The summed E-state index contributed by atoms with van der Waals surface area (Å²) in [5.41, 5.74) is -0.314. The maximum Gasteiger partial charge on any atom is 0.322 e. The summed E-state index contributed by atoms with van der Waals surface area (Å²) in [6.07, 6.45) is -1.46. The molecule has 8 nitrogen and oxygen atoms in total. The minimum Gasteiger partial charge on any atom is -0.387 e. The first-order valence-corrected chi connectivity index (χ1v) is 9.17. The van der Waals surface area contributed by atoms with Gasteiger partial charge < -0.3 is 21.1 Å². The van der Waals surface area contributed by atoms with Gasteiger partial charge in [-0.2, -0.15) is 0 Å². The molecule has 1 saturated heterocycles. The van der Waals surface area contributed by atoms with Crippen molar-refractivity contribution < 1.29 is 32.7 Å². The van der Waals surface area contributed by atoms with Gasteiger partial charge in [0.05, 0.1) is 6.10 Å². The van der Waals surface area contributed by atoms with Crippen LogP contribution in [0.15, 0.2) is 36.4 Å². The molecule has 11 heteroatoms. The van der Waals surface area contributed by atoms with Crippen LogP contribution >= 0.6 is 0 Å². The first kappa shape index (κ1) is 22.1. The number of aliphatic hydroxyl groups is 1. The van der Waals surface area contributed by atoms with Crippen LogP contribution in [0, 0.1) is 17.5 Å². The van der Waals surface area contributed by atoms with E-state index in [1.807, 2.05) is 0 Å². The van der Waals surface area contributed by atoms with Gasteiger partial charge in [-0.05, 0) is 35.7 Å². The SMILES string of the molecule is CC1(c2cccc(CNC(=O)NCC(O)c3cc(F)c(F)c(F)c3)c2)NC(=O)NC1=O. The van der Waals surface area contributed by atoms with Gasteiger partial charge in [-0.3, -0.25) is 10.1 Å². The van der Waals surface area contributed by atoms with E-state index in [1.165, 1.54) is 0 Å². The fourth-order valence-electron chi connectivity index (χ4n) is 3.06. The first-order chi connectivity index (χ1) is 14.6. The number of benzene rings is 2. The molecule has 5 amide bonds. The summed E-state index contributed by atoms with van der Waals surface area (Å²) in [4.78, 5) is 35.5. The molecule has 1 fully saturated rings. The standard InChI is InChI=1S/C20H19F3N4O4/c1-20(17(29)26-19(31)27-20)12-4-2-3-10(5-12)8-24-18(30)25-9-15(28)11-6-13(21)16(23)14(22)7-11/h2-7,15,28H,8-9H2,1H3,(H2,24,25,30)(H2,26,27,29,31). The Morgan fingerprint density at radius 1 is 1.13 bits per heavy atom. The second kappa shape index (κ2) is 8.64.